The third-order valence-electron chi connectivity index (χ3n) is 6.36. The predicted molar refractivity (Wildman–Crippen MR) is 123 cm³/mol. The zero-order chi connectivity index (χ0) is 24.0. The van der Waals surface area contributed by atoms with E-state index in [9.17, 15) is 18.4 Å². The highest BCUT2D eigenvalue weighted by molar-refractivity contribution is 5.92. The van der Waals surface area contributed by atoms with Gasteiger partial charge in [-0.15, -0.1) is 0 Å². The van der Waals surface area contributed by atoms with Gasteiger partial charge in [0.1, 0.15) is 5.69 Å². The minimum absolute atomic E-state index is 0.0438. The van der Waals surface area contributed by atoms with Crippen molar-refractivity contribution >= 4 is 28.1 Å². The molecule has 0 spiro atoms. The number of carbonyl (C=O) groups excluding carboxylic acids is 1. The Labute approximate surface area is 193 Å². The van der Waals surface area contributed by atoms with E-state index in [1.807, 2.05) is 24.0 Å². The molecule has 3 aromatic heterocycles. The second kappa shape index (κ2) is 8.49. The number of amides is 1. The Balaban J connectivity index is 1.32. The van der Waals surface area contributed by atoms with Gasteiger partial charge in [-0.05, 0) is 36.2 Å². The summed E-state index contributed by atoms with van der Waals surface area (Å²) in [4.78, 5) is 34.8. The molecule has 0 unspecified atom stereocenters. The Bertz CT molecular complexity index is 1470. The number of halogens is 2. The number of benzene rings is 1. The second-order valence-corrected chi connectivity index (χ2v) is 8.30. The molecule has 34 heavy (non-hydrogen) atoms. The van der Waals surface area contributed by atoms with Crippen LogP contribution in [-0.4, -0.2) is 63.6 Å². The zero-order valence-corrected chi connectivity index (χ0v) is 18.7. The molecule has 1 aliphatic heterocycles. The molecule has 0 atom stereocenters. The normalized spacial score (nSPS) is 14.8. The number of rotatable bonds is 4. The van der Waals surface area contributed by atoms with Crippen molar-refractivity contribution < 1.29 is 13.6 Å². The molecule has 9 nitrogen and oxygen atoms in total. The SMILES string of the molecule is CNC(=O)c1ccc(N2CCN(Cc3ccc4c([nH]c(=O)c5c(F)cnn54)c3C)CC2)c(F)n1. The molecule has 1 fully saturated rings. The lowest BCUT2D eigenvalue weighted by atomic mass is 10.1. The number of H-pyrrole nitrogens is 1. The van der Waals surface area contributed by atoms with Gasteiger partial charge < -0.3 is 15.2 Å². The molecule has 1 saturated heterocycles. The fourth-order valence-electron chi connectivity index (χ4n) is 4.44. The van der Waals surface area contributed by atoms with Crippen LogP contribution < -0.4 is 15.8 Å². The van der Waals surface area contributed by atoms with E-state index in [0.717, 1.165) is 17.3 Å². The Morgan fingerprint density at radius 2 is 1.91 bits per heavy atom. The number of nitrogens with zero attached hydrogens (tertiary/aromatic N) is 5. The van der Waals surface area contributed by atoms with E-state index in [1.54, 1.807) is 6.07 Å². The number of nitrogens with one attached hydrogen (secondary N) is 2. The smallest absolute Gasteiger partial charge is 0.277 e. The quantitative estimate of drug-likeness (QED) is 0.445. The van der Waals surface area contributed by atoms with Gasteiger partial charge in [0.2, 0.25) is 5.95 Å². The molecule has 11 heteroatoms. The number of anilines is 1. The van der Waals surface area contributed by atoms with Gasteiger partial charge in [-0.1, -0.05) is 6.07 Å². The van der Waals surface area contributed by atoms with E-state index >= 15 is 0 Å². The highest BCUT2D eigenvalue weighted by atomic mass is 19.1. The summed E-state index contributed by atoms with van der Waals surface area (Å²) in [5.41, 5.74) is 3.00. The van der Waals surface area contributed by atoms with Crippen molar-refractivity contribution in [2.24, 2.45) is 0 Å². The van der Waals surface area contributed by atoms with Crippen molar-refractivity contribution in [3.63, 3.8) is 0 Å². The lowest BCUT2D eigenvalue weighted by Gasteiger charge is -2.36. The van der Waals surface area contributed by atoms with Crippen LogP contribution in [0.2, 0.25) is 0 Å². The van der Waals surface area contributed by atoms with Gasteiger partial charge in [-0.3, -0.25) is 14.5 Å². The number of hydrogen-bond donors (Lipinski definition) is 2. The summed E-state index contributed by atoms with van der Waals surface area (Å²) >= 11 is 0. The van der Waals surface area contributed by atoms with E-state index < -0.39 is 23.2 Å². The largest absolute Gasteiger partial charge is 0.365 e. The van der Waals surface area contributed by atoms with Crippen LogP contribution in [0.1, 0.15) is 21.6 Å². The Morgan fingerprint density at radius 3 is 2.62 bits per heavy atom. The molecule has 176 valence electrons. The van der Waals surface area contributed by atoms with Crippen molar-refractivity contribution in [3.8, 4) is 0 Å². The molecule has 4 aromatic rings. The summed E-state index contributed by atoms with van der Waals surface area (Å²) in [5, 5.41) is 6.44. The first-order valence-electron chi connectivity index (χ1n) is 10.9. The average Bonchev–Trinajstić information content (AvgIpc) is 3.23. The highest BCUT2D eigenvalue weighted by Gasteiger charge is 2.22. The minimum atomic E-state index is -0.662. The molecule has 0 saturated carbocycles. The summed E-state index contributed by atoms with van der Waals surface area (Å²) < 4.78 is 29.8. The average molecular weight is 467 g/mol. The standard InChI is InChI=1S/C23H23F2N7O2/c1-13-14(3-5-17-19(13)29-23(34)20-15(24)11-27-32(17)20)12-30-7-9-31(10-8-30)18-6-4-16(22(33)26-2)28-21(18)25/h3-6,11H,7-10,12H2,1-2H3,(H,26,33)(H,29,34). The number of fused-ring (bicyclic) bond motifs is 3. The van der Waals surface area contributed by atoms with Crippen molar-refractivity contribution in [3.05, 3.63) is 69.4 Å². The maximum Gasteiger partial charge on any atom is 0.277 e. The number of aromatic nitrogens is 4. The summed E-state index contributed by atoms with van der Waals surface area (Å²) in [5.74, 6) is -1.75. The van der Waals surface area contributed by atoms with E-state index in [0.29, 0.717) is 49.4 Å². The molecule has 1 amide bonds. The van der Waals surface area contributed by atoms with Crippen LogP contribution in [0, 0.1) is 18.7 Å². The van der Waals surface area contributed by atoms with E-state index in [4.69, 9.17) is 0 Å². The summed E-state index contributed by atoms with van der Waals surface area (Å²) in [6.07, 6.45) is 1.04. The van der Waals surface area contributed by atoms with Gasteiger partial charge in [0.25, 0.3) is 11.5 Å². The molecule has 4 heterocycles. The molecule has 0 aliphatic carbocycles. The van der Waals surface area contributed by atoms with Crippen LogP contribution in [0.3, 0.4) is 0 Å². The van der Waals surface area contributed by atoms with Gasteiger partial charge in [-0.2, -0.15) is 9.49 Å². The Hall–Kier alpha value is -3.86. The molecule has 5 rings (SSSR count). The molecular formula is C23H23F2N7O2. The number of aromatic amines is 1. The highest BCUT2D eigenvalue weighted by Crippen LogP contribution is 2.24. The molecule has 2 N–H and O–H groups in total. The third kappa shape index (κ3) is 3.67. The fourth-order valence-corrected chi connectivity index (χ4v) is 4.44. The van der Waals surface area contributed by atoms with Crippen LogP contribution in [0.15, 0.2) is 35.3 Å². The number of hydrogen-bond acceptors (Lipinski definition) is 6. The fraction of sp³-hybridized carbons (Fsp3) is 0.304. The van der Waals surface area contributed by atoms with Gasteiger partial charge in [0, 0.05) is 39.8 Å². The molecule has 1 aliphatic rings. The van der Waals surface area contributed by atoms with Crippen LogP contribution in [0.25, 0.3) is 16.6 Å². The maximum atomic E-state index is 14.5. The monoisotopic (exact) mass is 467 g/mol. The van der Waals surface area contributed by atoms with E-state index in [-0.39, 0.29) is 11.2 Å². The second-order valence-electron chi connectivity index (χ2n) is 8.30. The first-order valence-corrected chi connectivity index (χ1v) is 10.9. The number of carbonyl (C=O) groups is 1. The number of aryl methyl sites for hydroxylation is 1. The van der Waals surface area contributed by atoms with Gasteiger partial charge in [-0.25, -0.2) is 13.9 Å². The lowest BCUT2D eigenvalue weighted by molar-refractivity contribution is 0.0957. The van der Waals surface area contributed by atoms with Crippen LogP contribution in [-0.2, 0) is 6.54 Å². The first-order chi connectivity index (χ1) is 16.4. The third-order valence-corrected chi connectivity index (χ3v) is 6.36. The topological polar surface area (TPSA) is 98.6 Å². The molecule has 1 aromatic carbocycles. The Morgan fingerprint density at radius 1 is 1.15 bits per heavy atom. The predicted octanol–water partition coefficient (Wildman–Crippen LogP) is 1.84. The van der Waals surface area contributed by atoms with E-state index in [1.165, 1.54) is 17.6 Å². The maximum absolute atomic E-state index is 14.5. The van der Waals surface area contributed by atoms with Crippen LogP contribution >= 0.6 is 0 Å². The summed E-state index contributed by atoms with van der Waals surface area (Å²) in [7, 11) is 1.47. The van der Waals surface area contributed by atoms with Gasteiger partial charge in [0.05, 0.1) is 22.9 Å². The van der Waals surface area contributed by atoms with Crippen molar-refractivity contribution in [2.75, 3.05) is 38.1 Å². The summed E-state index contributed by atoms with van der Waals surface area (Å²) in [6.45, 7) is 5.19. The van der Waals surface area contributed by atoms with Crippen molar-refractivity contribution in [1.29, 1.82) is 0 Å². The van der Waals surface area contributed by atoms with Gasteiger partial charge >= 0.3 is 0 Å². The van der Waals surface area contributed by atoms with E-state index in [2.05, 4.69) is 25.3 Å². The first kappa shape index (κ1) is 22.0. The zero-order valence-electron chi connectivity index (χ0n) is 18.7. The molecule has 0 radical (unpaired) electrons. The van der Waals surface area contributed by atoms with Gasteiger partial charge in [0.15, 0.2) is 11.3 Å². The minimum Gasteiger partial charge on any atom is -0.365 e. The number of piperazine rings is 1. The van der Waals surface area contributed by atoms with Crippen LogP contribution in [0.4, 0.5) is 14.5 Å². The molecule has 0 bridgehead atoms. The lowest BCUT2D eigenvalue weighted by Crippen LogP contribution is -2.46. The Kier molecular flexibility index (Phi) is 5.48. The summed E-state index contributed by atoms with van der Waals surface area (Å²) in [6, 6.07) is 6.90. The number of pyridine rings is 1. The van der Waals surface area contributed by atoms with Crippen molar-refractivity contribution in [2.45, 2.75) is 13.5 Å². The molecular weight excluding hydrogens is 444 g/mol. The van der Waals surface area contributed by atoms with Crippen LogP contribution in [0.5, 0.6) is 0 Å². The van der Waals surface area contributed by atoms with Crippen molar-refractivity contribution in [1.82, 2.24) is 29.8 Å².